The van der Waals surface area contributed by atoms with Crippen LogP contribution in [0.1, 0.15) is 40.2 Å². The summed E-state index contributed by atoms with van der Waals surface area (Å²) in [5, 5.41) is 0.419. The molecule has 1 saturated heterocycles. The van der Waals surface area contributed by atoms with E-state index in [2.05, 4.69) is 4.57 Å². The molecule has 7 nitrogen and oxygen atoms in total. The second-order valence-corrected chi connectivity index (χ2v) is 9.79. The third kappa shape index (κ3) is 4.56. The number of hydrogen-bond acceptors (Lipinski definition) is 4. The third-order valence-electron chi connectivity index (χ3n) is 6.96. The highest BCUT2D eigenvalue weighted by Gasteiger charge is 2.23. The number of Topliss-reactive ketones (excluding diaryl/α,β-unsaturated/α-hetero) is 1. The number of carbonyl (C=O) groups excluding carboxylic acids is 1. The standard InChI is InChI=1S/C28H28ClN3O4/c1-18-13-23(19(2)30(18)16-22-9-6-12-36-22)26(33)17-32-25-14-21(29)10-11-24(25)31(27(34)28(32)35)15-20-7-4-3-5-8-20/h3-5,7-8,10-11,13-14,22H,6,9,12,15-17H2,1-2H3. The average Bonchev–Trinajstić information content (AvgIpc) is 3.49. The zero-order valence-corrected chi connectivity index (χ0v) is 21.1. The van der Waals surface area contributed by atoms with Crippen LogP contribution in [0.25, 0.3) is 11.0 Å². The fourth-order valence-corrected chi connectivity index (χ4v) is 5.22. The van der Waals surface area contributed by atoms with Crippen LogP contribution in [0.2, 0.25) is 5.02 Å². The summed E-state index contributed by atoms with van der Waals surface area (Å²) in [5.41, 5.74) is 2.80. The summed E-state index contributed by atoms with van der Waals surface area (Å²) in [4.78, 5) is 39.9. The van der Waals surface area contributed by atoms with E-state index in [1.807, 2.05) is 50.2 Å². The van der Waals surface area contributed by atoms with E-state index >= 15 is 0 Å². The fourth-order valence-electron chi connectivity index (χ4n) is 5.06. The number of hydrogen-bond donors (Lipinski definition) is 0. The Balaban J connectivity index is 1.54. The summed E-state index contributed by atoms with van der Waals surface area (Å²) < 4.78 is 10.6. The Morgan fingerprint density at radius 1 is 0.972 bits per heavy atom. The van der Waals surface area contributed by atoms with Crippen LogP contribution >= 0.6 is 11.6 Å². The van der Waals surface area contributed by atoms with Crippen LogP contribution in [0, 0.1) is 13.8 Å². The van der Waals surface area contributed by atoms with Crippen LogP contribution in [-0.2, 0) is 24.4 Å². The molecule has 0 spiro atoms. The number of aromatic nitrogens is 3. The molecule has 1 atom stereocenters. The van der Waals surface area contributed by atoms with Crippen LogP contribution in [0.4, 0.5) is 0 Å². The molecule has 0 saturated carbocycles. The average molecular weight is 506 g/mol. The number of rotatable bonds is 7. The first-order valence-electron chi connectivity index (χ1n) is 12.1. The van der Waals surface area contributed by atoms with E-state index in [9.17, 15) is 14.4 Å². The van der Waals surface area contributed by atoms with Gasteiger partial charge in [-0.1, -0.05) is 41.9 Å². The molecule has 8 heteroatoms. The summed E-state index contributed by atoms with van der Waals surface area (Å²) in [7, 11) is 0. The monoisotopic (exact) mass is 505 g/mol. The Hall–Kier alpha value is -3.42. The van der Waals surface area contributed by atoms with Gasteiger partial charge in [0.2, 0.25) is 0 Å². The lowest BCUT2D eigenvalue weighted by Crippen LogP contribution is -2.42. The number of ketones is 1. The molecular weight excluding hydrogens is 478 g/mol. The minimum atomic E-state index is -0.748. The summed E-state index contributed by atoms with van der Waals surface area (Å²) in [6.45, 7) is 5.33. The van der Waals surface area contributed by atoms with Crippen LogP contribution in [0.3, 0.4) is 0 Å². The van der Waals surface area contributed by atoms with Crippen molar-refractivity contribution < 1.29 is 9.53 Å². The minimum Gasteiger partial charge on any atom is -0.376 e. The molecule has 0 amide bonds. The van der Waals surface area contributed by atoms with Crippen molar-refractivity contribution in [1.82, 2.24) is 13.7 Å². The van der Waals surface area contributed by atoms with Gasteiger partial charge in [0.05, 0.1) is 30.2 Å². The van der Waals surface area contributed by atoms with Gasteiger partial charge < -0.3 is 9.30 Å². The molecule has 0 radical (unpaired) electrons. The summed E-state index contributed by atoms with van der Waals surface area (Å²) in [6, 6.07) is 16.3. The molecule has 1 fully saturated rings. The number of halogens is 1. The van der Waals surface area contributed by atoms with Gasteiger partial charge in [0.1, 0.15) is 0 Å². The van der Waals surface area contributed by atoms with Crippen molar-refractivity contribution in [2.24, 2.45) is 0 Å². The van der Waals surface area contributed by atoms with E-state index in [4.69, 9.17) is 16.3 Å². The van der Waals surface area contributed by atoms with E-state index in [1.54, 1.807) is 18.2 Å². The predicted molar refractivity (Wildman–Crippen MR) is 140 cm³/mol. The largest absolute Gasteiger partial charge is 0.376 e. The first-order chi connectivity index (χ1) is 17.3. The first kappa shape index (κ1) is 24.3. The molecule has 2 aromatic carbocycles. The van der Waals surface area contributed by atoms with Gasteiger partial charge in [0, 0.05) is 35.1 Å². The van der Waals surface area contributed by atoms with Gasteiger partial charge in [-0.15, -0.1) is 0 Å². The van der Waals surface area contributed by atoms with Crippen molar-refractivity contribution in [3.05, 3.63) is 103 Å². The van der Waals surface area contributed by atoms with Crippen molar-refractivity contribution in [2.75, 3.05) is 6.61 Å². The quantitative estimate of drug-likeness (QED) is 0.276. The second kappa shape index (κ2) is 9.91. The molecule has 5 rings (SSSR count). The predicted octanol–water partition coefficient (Wildman–Crippen LogP) is 4.35. The van der Waals surface area contributed by atoms with Gasteiger partial charge in [0.25, 0.3) is 0 Å². The summed E-state index contributed by atoms with van der Waals surface area (Å²) in [5.74, 6) is -0.231. The van der Waals surface area contributed by atoms with Crippen LogP contribution in [0.5, 0.6) is 0 Å². The van der Waals surface area contributed by atoms with E-state index in [1.165, 1.54) is 9.13 Å². The second-order valence-electron chi connectivity index (χ2n) is 9.35. The fraction of sp³-hybridized carbons (Fsp3) is 0.321. The number of ether oxygens (including phenoxy) is 1. The van der Waals surface area contributed by atoms with Crippen molar-refractivity contribution in [1.29, 1.82) is 0 Å². The highest BCUT2D eigenvalue weighted by molar-refractivity contribution is 6.31. The Kier molecular flexibility index (Phi) is 6.69. The Morgan fingerprint density at radius 3 is 2.44 bits per heavy atom. The molecule has 186 valence electrons. The van der Waals surface area contributed by atoms with Gasteiger partial charge in [-0.25, -0.2) is 0 Å². The van der Waals surface area contributed by atoms with Crippen molar-refractivity contribution in [3.63, 3.8) is 0 Å². The normalized spacial score (nSPS) is 15.6. The van der Waals surface area contributed by atoms with E-state index < -0.39 is 11.1 Å². The zero-order chi connectivity index (χ0) is 25.4. The van der Waals surface area contributed by atoms with Crippen LogP contribution in [-0.4, -0.2) is 32.2 Å². The lowest BCUT2D eigenvalue weighted by atomic mass is 10.1. The number of fused-ring (bicyclic) bond motifs is 1. The maximum absolute atomic E-state index is 13.5. The van der Waals surface area contributed by atoms with E-state index in [-0.39, 0.29) is 25.0 Å². The molecule has 3 heterocycles. The molecule has 2 aromatic heterocycles. The lowest BCUT2D eigenvalue weighted by Gasteiger charge is -2.16. The van der Waals surface area contributed by atoms with Gasteiger partial charge >= 0.3 is 11.1 Å². The van der Waals surface area contributed by atoms with E-state index in [0.717, 1.165) is 36.4 Å². The van der Waals surface area contributed by atoms with Gasteiger partial charge in [-0.05, 0) is 56.5 Å². The van der Waals surface area contributed by atoms with Crippen molar-refractivity contribution in [2.45, 2.75) is 52.4 Å². The Labute approximate surface area is 213 Å². The number of nitrogens with zero attached hydrogens (tertiary/aromatic N) is 3. The number of benzene rings is 2. The van der Waals surface area contributed by atoms with E-state index in [0.29, 0.717) is 28.2 Å². The Bertz CT molecular complexity index is 1560. The van der Waals surface area contributed by atoms with Crippen molar-refractivity contribution >= 4 is 28.4 Å². The van der Waals surface area contributed by atoms with Crippen molar-refractivity contribution in [3.8, 4) is 0 Å². The lowest BCUT2D eigenvalue weighted by molar-refractivity contribution is 0.0948. The number of aryl methyl sites for hydroxylation is 1. The first-order valence-corrected chi connectivity index (χ1v) is 12.5. The topological polar surface area (TPSA) is 75.2 Å². The smallest absolute Gasteiger partial charge is 0.317 e. The molecule has 0 aliphatic carbocycles. The van der Waals surface area contributed by atoms with Gasteiger partial charge in [-0.2, -0.15) is 0 Å². The molecule has 0 N–H and O–H groups in total. The SMILES string of the molecule is Cc1cc(C(=O)Cn2c(=O)c(=O)n(Cc3ccccc3)c3ccc(Cl)cc32)c(C)n1CC1CCCO1. The zero-order valence-electron chi connectivity index (χ0n) is 20.4. The maximum atomic E-state index is 13.5. The molecule has 1 aliphatic heterocycles. The molecule has 0 bridgehead atoms. The molecular formula is C28H28ClN3O4. The minimum absolute atomic E-state index is 0.142. The highest BCUT2D eigenvalue weighted by Crippen LogP contribution is 2.22. The molecule has 1 unspecified atom stereocenters. The third-order valence-corrected chi connectivity index (χ3v) is 7.20. The summed E-state index contributed by atoms with van der Waals surface area (Å²) >= 11 is 6.28. The molecule has 4 aromatic rings. The maximum Gasteiger partial charge on any atom is 0.317 e. The van der Waals surface area contributed by atoms with Crippen LogP contribution < -0.4 is 11.1 Å². The molecule has 36 heavy (non-hydrogen) atoms. The van der Waals surface area contributed by atoms with Gasteiger partial charge in [0.15, 0.2) is 5.78 Å². The van der Waals surface area contributed by atoms with Gasteiger partial charge in [-0.3, -0.25) is 23.5 Å². The summed E-state index contributed by atoms with van der Waals surface area (Å²) in [6.07, 6.45) is 2.19. The number of carbonyl (C=O) groups is 1. The van der Waals surface area contributed by atoms with Crippen LogP contribution in [0.15, 0.2) is 64.2 Å². The Morgan fingerprint density at radius 2 is 1.72 bits per heavy atom. The molecule has 1 aliphatic rings. The highest BCUT2D eigenvalue weighted by atomic mass is 35.5.